The molecular formula is C53H101N3O5. The van der Waals surface area contributed by atoms with Crippen LogP contribution in [-0.2, 0) is 23.9 Å². The summed E-state index contributed by atoms with van der Waals surface area (Å²) in [6, 6.07) is 0. The Kier molecular flexibility index (Phi) is 39.1. The summed E-state index contributed by atoms with van der Waals surface area (Å²) in [7, 11) is 1.82. The van der Waals surface area contributed by atoms with E-state index in [1.165, 1.54) is 141 Å². The highest BCUT2D eigenvalue weighted by Gasteiger charge is 2.25. The number of carbonyl (C=O) groups is 3. The van der Waals surface area contributed by atoms with Gasteiger partial charge in [0.1, 0.15) is 12.2 Å². The molecule has 1 rings (SSSR count). The zero-order chi connectivity index (χ0) is 44.4. The summed E-state index contributed by atoms with van der Waals surface area (Å²) in [6.45, 7) is 13.1. The van der Waals surface area contributed by atoms with E-state index in [9.17, 15) is 14.4 Å². The molecule has 1 unspecified atom stereocenters. The molecule has 0 saturated heterocycles. The van der Waals surface area contributed by atoms with Crippen molar-refractivity contribution in [1.29, 1.82) is 0 Å². The quantitative estimate of drug-likeness (QED) is 0.0461. The number of nitrogens with one attached hydrogen (secondary N) is 2. The molecule has 0 fully saturated rings. The smallest absolute Gasteiger partial charge is 0.306 e. The maximum Gasteiger partial charge on any atom is 0.306 e. The van der Waals surface area contributed by atoms with Gasteiger partial charge in [0.15, 0.2) is 5.78 Å². The van der Waals surface area contributed by atoms with Crippen LogP contribution in [0.2, 0.25) is 0 Å². The Morgan fingerprint density at radius 2 is 0.869 bits per heavy atom. The van der Waals surface area contributed by atoms with Crippen LogP contribution in [0.5, 0.6) is 0 Å². The molecule has 8 heteroatoms. The molecule has 8 nitrogen and oxygen atoms in total. The third kappa shape index (κ3) is 33.1. The number of ketones is 1. The van der Waals surface area contributed by atoms with Crippen molar-refractivity contribution in [3.63, 3.8) is 0 Å². The van der Waals surface area contributed by atoms with Crippen LogP contribution in [0.4, 0.5) is 0 Å². The van der Waals surface area contributed by atoms with Gasteiger partial charge >= 0.3 is 11.9 Å². The van der Waals surface area contributed by atoms with Gasteiger partial charge in [-0.1, -0.05) is 169 Å². The molecule has 1 aliphatic carbocycles. The Hall–Kier alpha value is -2.09. The van der Waals surface area contributed by atoms with Crippen LogP contribution in [0, 0.1) is 0 Å². The average molecular weight is 860 g/mol. The van der Waals surface area contributed by atoms with E-state index in [1.54, 1.807) is 0 Å². The normalized spacial score (nSPS) is 13.3. The van der Waals surface area contributed by atoms with Crippen LogP contribution in [-0.4, -0.2) is 68.1 Å². The van der Waals surface area contributed by atoms with Crippen LogP contribution < -0.4 is 10.6 Å². The molecule has 0 aromatic rings. The highest BCUT2D eigenvalue weighted by atomic mass is 16.5. The second-order valence-corrected chi connectivity index (χ2v) is 18.5. The summed E-state index contributed by atoms with van der Waals surface area (Å²) in [5.41, 5.74) is 1.80. The SMILES string of the molecule is CCCCCCCCC(CCC)OC(=O)CCCCCCCN(CCCCCCCC(=O)OC(CCCCCCCC)CCCCCCCC)CCCNC1=C(NC)C(=O)C1. The molecule has 0 heterocycles. The molecule has 1 atom stereocenters. The molecule has 1 aliphatic rings. The average Bonchev–Trinajstić information content (AvgIpc) is 3.24. The molecule has 0 amide bonds. The van der Waals surface area contributed by atoms with Gasteiger partial charge in [-0.15, -0.1) is 0 Å². The Bertz CT molecular complexity index is 1060. The fourth-order valence-corrected chi connectivity index (χ4v) is 8.78. The van der Waals surface area contributed by atoms with Crippen molar-refractivity contribution < 1.29 is 23.9 Å². The lowest BCUT2D eigenvalue weighted by Crippen LogP contribution is -2.36. The fraction of sp³-hybridized carbons (Fsp3) is 0.906. The molecule has 0 aromatic heterocycles. The topological polar surface area (TPSA) is 97.0 Å². The van der Waals surface area contributed by atoms with Crippen molar-refractivity contribution in [1.82, 2.24) is 15.5 Å². The predicted octanol–water partition coefficient (Wildman–Crippen LogP) is 14.2. The zero-order valence-electron chi connectivity index (χ0n) is 41.1. The van der Waals surface area contributed by atoms with Gasteiger partial charge in [0, 0.05) is 32.1 Å². The van der Waals surface area contributed by atoms with E-state index in [-0.39, 0.29) is 29.9 Å². The van der Waals surface area contributed by atoms with Gasteiger partial charge in [-0.05, 0) is 96.7 Å². The monoisotopic (exact) mass is 860 g/mol. The first kappa shape index (κ1) is 56.9. The summed E-state index contributed by atoms with van der Waals surface area (Å²) >= 11 is 0. The number of carbonyl (C=O) groups excluding carboxylic acids is 3. The largest absolute Gasteiger partial charge is 0.462 e. The number of esters is 2. The van der Waals surface area contributed by atoms with E-state index >= 15 is 0 Å². The predicted molar refractivity (Wildman–Crippen MR) is 259 cm³/mol. The molecule has 0 aliphatic heterocycles. The second kappa shape index (κ2) is 41.9. The minimum Gasteiger partial charge on any atom is -0.462 e. The van der Waals surface area contributed by atoms with Crippen molar-refractivity contribution in [3.05, 3.63) is 11.4 Å². The second-order valence-electron chi connectivity index (χ2n) is 18.5. The van der Waals surface area contributed by atoms with Crippen LogP contribution >= 0.6 is 0 Å². The molecular weight excluding hydrogens is 759 g/mol. The maximum atomic E-state index is 12.9. The number of likely N-dealkylation sites (N-methyl/N-ethyl adjacent to an activating group) is 1. The molecule has 61 heavy (non-hydrogen) atoms. The summed E-state index contributed by atoms with van der Waals surface area (Å²) in [4.78, 5) is 39.9. The van der Waals surface area contributed by atoms with E-state index in [1.807, 2.05) is 7.05 Å². The van der Waals surface area contributed by atoms with Crippen molar-refractivity contribution in [3.8, 4) is 0 Å². The zero-order valence-corrected chi connectivity index (χ0v) is 41.1. The Morgan fingerprint density at radius 1 is 0.492 bits per heavy atom. The van der Waals surface area contributed by atoms with Gasteiger partial charge in [0.25, 0.3) is 0 Å². The van der Waals surface area contributed by atoms with Crippen LogP contribution in [0.3, 0.4) is 0 Å². The number of hydrogen-bond acceptors (Lipinski definition) is 8. The first-order valence-electron chi connectivity index (χ1n) is 26.7. The molecule has 358 valence electrons. The fourth-order valence-electron chi connectivity index (χ4n) is 8.78. The summed E-state index contributed by atoms with van der Waals surface area (Å²) < 4.78 is 12.0. The molecule has 0 bridgehead atoms. The number of ether oxygens (including phenoxy) is 2. The number of Topliss-reactive ketones (excluding diaryl/α,β-unsaturated/α-hetero) is 1. The lowest BCUT2D eigenvalue weighted by atomic mass is 9.99. The number of nitrogens with zero attached hydrogens (tertiary/aromatic N) is 1. The van der Waals surface area contributed by atoms with E-state index in [4.69, 9.17) is 9.47 Å². The molecule has 0 radical (unpaired) electrons. The van der Waals surface area contributed by atoms with Gasteiger partial charge in [-0.3, -0.25) is 14.4 Å². The first-order chi connectivity index (χ1) is 29.9. The van der Waals surface area contributed by atoms with Crippen LogP contribution in [0.25, 0.3) is 0 Å². The van der Waals surface area contributed by atoms with Gasteiger partial charge in [0.05, 0.1) is 12.1 Å². The third-order valence-electron chi connectivity index (χ3n) is 12.7. The van der Waals surface area contributed by atoms with Gasteiger partial charge in [0.2, 0.25) is 0 Å². The van der Waals surface area contributed by atoms with Crippen molar-refractivity contribution in [2.75, 3.05) is 33.2 Å². The first-order valence-corrected chi connectivity index (χ1v) is 26.7. The summed E-state index contributed by atoms with van der Waals surface area (Å²) in [5, 5.41) is 6.52. The summed E-state index contributed by atoms with van der Waals surface area (Å²) in [6.07, 6.45) is 42.1. The number of hydrogen-bond donors (Lipinski definition) is 2. The Labute approximate surface area is 378 Å². The lowest BCUT2D eigenvalue weighted by Gasteiger charge is -2.25. The highest BCUT2D eigenvalue weighted by molar-refractivity contribution is 6.03. The molecule has 0 spiro atoms. The molecule has 0 aromatic carbocycles. The van der Waals surface area contributed by atoms with E-state index in [0.29, 0.717) is 19.3 Å². The molecule has 2 N–H and O–H groups in total. The Morgan fingerprint density at radius 3 is 1.28 bits per heavy atom. The molecule has 0 saturated carbocycles. The minimum absolute atomic E-state index is 0.000682. The minimum atomic E-state index is -0.000682. The Balaban J connectivity index is 2.39. The third-order valence-corrected chi connectivity index (χ3v) is 12.7. The number of allylic oxidation sites excluding steroid dienone is 2. The van der Waals surface area contributed by atoms with E-state index < -0.39 is 0 Å². The van der Waals surface area contributed by atoms with Crippen LogP contribution in [0.15, 0.2) is 11.4 Å². The van der Waals surface area contributed by atoms with Crippen molar-refractivity contribution >= 4 is 17.7 Å². The lowest BCUT2D eigenvalue weighted by molar-refractivity contribution is -0.151. The van der Waals surface area contributed by atoms with E-state index in [0.717, 1.165) is 115 Å². The highest BCUT2D eigenvalue weighted by Crippen LogP contribution is 2.21. The number of rotatable bonds is 47. The van der Waals surface area contributed by atoms with E-state index in [2.05, 4.69) is 43.2 Å². The van der Waals surface area contributed by atoms with Gasteiger partial charge < -0.3 is 25.0 Å². The maximum absolute atomic E-state index is 12.9. The van der Waals surface area contributed by atoms with Gasteiger partial charge in [-0.25, -0.2) is 0 Å². The van der Waals surface area contributed by atoms with Crippen molar-refractivity contribution in [2.45, 2.75) is 277 Å². The van der Waals surface area contributed by atoms with Gasteiger partial charge in [-0.2, -0.15) is 0 Å². The standard InChI is InChI=1S/C53H101N3O5/c1-6-10-13-16-21-28-37-47(36-9-4)60-51(58)40-31-24-19-26-33-43-56(45-35-42-55-49-46-50(57)53(49)54-5)44-34-27-20-25-32-41-52(59)61-48(38-29-22-17-14-11-7-2)39-30-23-18-15-12-8-3/h47-48,54-55H,6-46H2,1-5H3. The van der Waals surface area contributed by atoms with Crippen LogP contribution in [0.1, 0.15) is 265 Å². The number of unbranched alkanes of at least 4 members (excludes halogenated alkanes) is 23. The summed E-state index contributed by atoms with van der Waals surface area (Å²) in [5.74, 6) is 0.213. The van der Waals surface area contributed by atoms with Crippen molar-refractivity contribution in [2.24, 2.45) is 0 Å².